The molecule has 19 nitrogen and oxygen atoms in total. The zero-order valence-electron chi connectivity index (χ0n) is 46.8. The molecule has 0 saturated carbocycles. The molecule has 20 heteroatoms. The van der Waals surface area contributed by atoms with Gasteiger partial charge in [-0.2, -0.15) is 8.42 Å². The zero-order valence-corrected chi connectivity index (χ0v) is 47.6. The summed E-state index contributed by atoms with van der Waals surface area (Å²) in [5, 5.41) is 4.30. The van der Waals surface area contributed by atoms with Gasteiger partial charge in [0.15, 0.2) is 17.3 Å². The number of carbonyl (C=O) groups is 7. The second-order valence-electron chi connectivity index (χ2n) is 21.9. The highest BCUT2D eigenvalue weighted by Gasteiger charge is 2.45. The molecule has 0 radical (unpaired) electrons. The SMILES string of the molecule is COc1cc2c(cc1OCCCOc1cc3c(cc1C)C(=O)N1C=C(c4ccc(NC(=O)C(C)CC(=O)C(NC(=O)CCCCCN5C(=O)C=CC5=O)C(C)C)cc4)CC1C(S(=O)(=O)O)C3)N=CC1CC(c3ccc(C)cc3)=CN1C2=O. The van der Waals surface area contributed by atoms with Gasteiger partial charge in [-0.3, -0.25) is 48.0 Å². The minimum Gasteiger partial charge on any atom is -0.493 e. The number of fused-ring (bicyclic) bond motifs is 4. The number of nitrogens with zero attached hydrogens (tertiary/aromatic N) is 4. The minimum absolute atomic E-state index is 0.120. The van der Waals surface area contributed by atoms with E-state index in [9.17, 15) is 46.5 Å². The molecule has 0 spiro atoms. The molecular formula is C62H68N6O13S. The summed E-state index contributed by atoms with van der Waals surface area (Å²) in [6.45, 7) is 9.76. The predicted molar refractivity (Wildman–Crippen MR) is 308 cm³/mol. The van der Waals surface area contributed by atoms with E-state index >= 15 is 0 Å². The van der Waals surface area contributed by atoms with Crippen molar-refractivity contribution in [2.75, 3.05) is 32.2 Å². The Kier molecular flexibility index (Phi) is 17.7. The lowest BCUT2D eigenvalue weighted by Gasteiger charge is -2.26. The number of hydrogen-bond donors (Lipinski definition) is 3. The van der Waals surface area contributed by atoms with E-state index in [-0.39, 0.29) is 92.4 Å². The van der Waals surface area contributed by atoms with Crippen LogP contribution in [0.1, 0.15) is 121 Å². The Bertz CT molecular complexity index is 3420. The van der Waals surface area contributed by atoms with Crippen molar-refractivity contribution in [1.82, 2.24) is 20.0 Å². The second kappa shape index (κ2) is 24.9. The Morgan fingerprint density at radius 1 is 0.744 bits per heavy atom. The van der Waals surface area contributed by atoms with Crippen LogP contribution >= 0.6 is 0 Å². The van der Waals surface area contributed by atoms with Crippen LogP contribution in [0.4, 0.5) is 11.4 Å². The quantitative estimate of drug-likeness (QED) is 0.0359. The number of hydrogen-bond acceptors (Lipinski definition) is 13. The lowest BCUT2D eigenvalue weighted by molar-refractivity contribution is -0.137. The van der Waals surface area contributed by atoms with Crippen LogP contribution in [0, 0.1) is 25.7 Å². The highest BCUT2D eigenvalue weighted by atomic mass is 32.2. The molecule has 0 fully saturated rings. The van der Waals surface area contributed by atoms with Crippen LogP contribution in [0.2, 0.25) is 0 Å². The average molecular weight is 1140 g/mol. The summed E-state index contributed by atoms with van der Waals surface area (Å²) in [6, 6.07) is 19.7. The van der Waals surface area contributed by atoms with Crippen molar-refractivity contribution in [3.8, 4) is 17.2 Å². The van der Waals surface area contributed by atoms with Crippen molar-refractivity contribution in [3.63, 3.8) is 0 Å². The van der Waals surface area contributed by atoms with Gasteiger partial charge in [-0.1, -0.05) is 69.2 Å². The van der Waals surface area contributed by atoms with E-state index < -0.39 is 45.2 Å². The van der Waals surface area contributed by atoms with E-state index in [0.29, 0.717) is 88.6 Å². The molecule has 0 aromatic heterocycles. The Labute approximate surface area is 477 Å². The fourth-order valence-corrected chi connectivity index (χ4v) is 12.0. The number of methoxy groups -OCH3 is 1. The van der Waals surface area contributed by atoms with Crippen LogP contribution in [-0.2, 0) is 40.5 Å². The molecular weight excluding hydrogens is 1070 g/mol. The van der Waals surface area contributed by atoms with Crippen LogP contribution in [0.15, 0.2) is 102 Å². The van der Waals surface area contributed by atoms with Crippen molar-refractivity contribution < 1.29 is 60.7 Å². The molecule has 0 aliphatic carbocycles. The van der Waals surface area contributed by atoms with Crippen LogP contribution < -0.4 is 24.8 Å². The summed E-state index contributed by atoms with van der Waals surface area (Å²) in [7, 11) is -3.18. The maximum absolute atomic E-state index is 14.3. The van der Waals surface area contributed by atoms with Gasteiger partial charge in [0, 0.05) is 86.2 Å². The number of unbranched alkanes of at least 4 members (excludes halogenated alkanes) is 2. The number of anilines is 1. The maximum Gasteiger partial charge on any atom is 0.270 e. The summed E-state index contributed by atoms with van der Waals surface area (Å²) >= 11 is 0. The third-order valence-electron chi connectivity index (χ3n) is 15.6. The number of aryl methyl sites for hydroxylation is 2. The average Bonchev–Trinajstić information content (AvgIpc) is 4.24. The molecule has 0 saturated heterocycles. The standard InChI is InChI=1S/C62H68N6O13S/c1-36(2)59(65-56(70)11-8-7-9-22-66-57(71)20-21-58(66)72)51(69)26-39(5)60(73)64-45-18-16-41(17-19-45)44-28-50-55(82(76,77)78)30-42-29-52(38(4)25-47(42)61(74)68(50)35-44)80-23-10-24-81-54-32-49-48(31-53(54)79-6)62(75)67-34-43(27-46(67)33-63-49)40-14-12-37(3)13-15-40/h12-21,25,29,31-36,39,46,50,55,59H,7-11,22-24,26-28,30H2,1-6H3,(H,64,73)(H,65,70)(H,76,77,78). The first-order valence-electron chi connectivity index (χ1n) is 27.7. The minimum atomic E-state index is -4.69. The number of carbonyl (C=O) groups excluding carboxylic acids is 7. The molecule has 4 aromatic rings. The fraction of sp³-hybridized carbons (Fsp3) is 0.387. The first-order valence-corrected chi connectivity index (χ1v) is 29.2. The molecule has 3 N–H and O–H groups in total. The maximum atomic E-state index is 14.3. The molecule has 430 valence electrons. The van der Waals surface area contributed by atoms with E-state index in [1.807, 2.05) is 39.1 Å². The molecule has 82 heavy (non-hydrogen) atoms. The van der Waals surface area contributed by atoms with E-state index in [1.165, 1.54) is 24.2 Å². The summed E-state index contributed by atoms with van der Waals surface area (Å²) in [5.41, 5.74) is 7.23. The van der Waals surface area contributed by atoms with Crippen LogP contribution in [0.5, 0.6) is 17.2 Å². The Hall–Kier alpha value is -8.23. The Morgan fingerprint density at radius 3 is 2.06 bits per heavy atom. The Morgan fingerprint density at radius 2 is 1.39 bits per heavy atom. The van der Waals surface area contributed by atoms with Gasteiger partial charge in [0.25, 0.3) is 33.7 Å². The first-order chi connectivity index (χ1) is 39.2. The third-order valence-corrected chi connectivity index (χ3v) is 16.9. The van der Waals surface area contributed by atoms with Crippen molar-refractivity contribution in [2.45, 2.75) is 116 Å². The summed E-state index contributed by atoms with van der Waals surface area (Å²) in [4.78, 5) is 100. The van der Waals surface area contributed by atoms with E-state index in [4.69, 9.17) is 19.2 Å². The van der Waals surface area contributed by atoms with Crippen molar-refractivity contribution >= 4 is 80.1 Å². The topological polar surface area (TPSA) is 248 Å². The van der Waals surface area contributed by atoms with Gasteiger partial charge in [0.05, 0.1) is 49.7 Å². The number of aliphatic imine (C=N–C) groups is 1. The molecule has 5 unspecified atom stereocenters. The van der Waals surface area contributed by atoms with Crippen molar-refractivity contribution in [3.05, 3.63) is 136 Å². The van der Waals surface area contributed by atoms with E-state index in [1.54, 1.807) is 79.7 Å². The number of ether oxygens (including phenoxy) is 3. The number of imide groups is 1. The van der Waals surface area contributed by atoms with Gasteiger partial charge in [-0.05, 0) is 109 Å². The normalized spacial score (nSPS) is 18.9. The molecule has 6 amide bonds. The largest absolute Gasteiger partial charge is 0.493 e. The van der Waals surface area contributed by atoms with Gasteiger partial charge in [-0.15, -0.1) is 0 Å². The van der Waals surface area contributed by atoms with E-state index in [2.05, 4.69) is 22.8 Å². The van der Waals surface area contributed by atoms with Crippen LogP contribution in [0.25, 0.3) is 11.1 Å². The summed E-state index contributed by atoms with van der Waals surface area (Å²) in [5.74, 6) is -2.06. The van der Waals surface area contributed by atoms with E-state index in [0.717, 1.165) is 21.6 Å². The molecule has 9 rings (SSSR count). The number of ketones is 1. The number of nitrogens with one attached hydrogen (secondary N) is 2. The number of Topliss-reactive ketones (excluding diaryl/α,β-unsaturated/α-hetero) is 1. The van der Waals surface area contributed by atoms with Gasteiger partial charge >= 0.3 is 0 Å². The van der Waals surface area contributed by atoms with Crippen molar-refractivity contribution in [2.24, 2.45) is 16.8 Å². The monoisotopic (exact) mass is 1140 g/mol. The van der Waals surface area contributed by atoms with Crippen LogP contribution in [-0.4, -0.2) is 125 Å². The van der Waals surface area contributed by atoms with Crippen molar-refractivity contribution in [1.29, 1.82) is 0 Å². The molecule has 5 aliphatic heterocycles. The summed E-state index contributed by atoms with van der Waals surface area (Å²) in [6.07, 6.45) is 10.5. The molecule has 5 atom stereocenters. The number of rotatable bonds is 23. The van der Waals surface area contributed by atoms with Gasteiger partial charge in [0.2, 0.25) is 11.8 Å². The molecule has 0 bridgehead atoms. The summed E-state index contributed by atoms with van der Waals surface area (Å²) < 4.78 is 54.9. The molecule has 5 heterocycles. The Balaban J connectivity index is 0.772. The smallest absolute Gasteiger partial charge is 0.270 e. The third kappa shape index (κ3) is 13.1. The zero-order chi connectivity index (χ0) is 58.6. The lowest BCUT2D eigenvalue weighted by Crippen LogP contribution is -2.45. The first kappa shape index (κ1) is 58.4. The highest BCUT2D eigenvalue weighted by Crippen LogP contribution is 2.42. The molecule has 5 aliphatic rings. The van der Waals surface area contributed by atoms with Gasteiger partial charge in [-0.25, -0.2) is 0 Å². The fourth-order valence-electron chi connectivity index (χ4n) is 11.0. The van der Waals surface area contributed by atoms with Gasteiger partial charge < -0.3 is 34.6 Å². The number of amides is 6. The van der Waals surface area contributed by atoms with Crippen LogP contribution in [0.3, 0.4) is 0 Å². The van der Waals surface area contributed by atoms with Gasteiger partial charge in [0.1, 0.15) is 11.0 Å². The predicted octanol–water partition coefficient (Wildman–Crippen LogP) is 8.36. The molecule has 4 aromatic carbocycles. The second-order valence-corrected chi connectivity index (χ2v) is 23.6. The number of benzene rings is 4. The highest BCUT2D eigenvalue weighted by molar-refractivity contribution is 7.86. The lowest BCUT2D eigenvalue weighted by atomic mass is 9.92.